The van der Waals surface area contributed by atoms with E-state index in [2.05, 4.69) is 0 Å². The molecule has 0 bridgehead atoms. The van der Waals surface area contributed by atoms with Crippen molar-refractivity contribution in [1.29, 1.82) is 0 Å². The largest absolute Gasteiger partial charge is 0 e. The van der Waals surface area contributed by atoms with Crippen molar-refractivity contribution in [2.45, 2.75) is 0 Å². The van der Waals surface area contributed by atoms with Crippen LogP contribution in [0.2, 0.25) is 0 Å². The fraction of sp³-hybridized carbons (Fsp3) is 0. The average molecular weight is 9050 g/mol. The molecule has 0 saturated heterocycles. The van der Waals surface area contributed by atoms with Crippen molar-refractivity contribution in [3.63, 3.8) is 0 Å². The molecular formula is U38. The van der Waals surface area contributed by atoms with Crippen molar-refractivity contribution in [3.8, 4) is 0 Å². The van der Waals surface area contributed by atoms with Gasteiger partial charge in [-0.05, 0) is 0 Å². The van der Waals surface area contributed by atoms with Crippen LogP contribution in [-0.4, -0.2) is 0 Å². The molecule has 0 aromatic carbocycles. The predicted octanol–water partition coefficient (Wildman–Crippen LogP) is 0. The molecular weight excluding hydrogens is 9050 g/mol. The maximum absolute atomic E-state index is 0. The number of hydrogen-bond acceptors (Lipinski definition) is 0. The molecule has 0 nitrogen and oxygen atoms in total. The summed E-state index contributed by atoms with van der Waals surface area (Å²) in [6.07, 6.45) is 0. The summed E-state index contributed by atoms with van der Waals surface area (Å²) >= 11 is 0. The summed E-state index contributed by atoms with van der Waals surface area (Å²) in [5, 5.41) is 0. The molecule has 0 aliphatic carbocycles. The van der Waals surface area contributed by atoms with Crippen LogP contribution in [0.3, 0.4) is 0 Å². The molecule has 0 spiro atoms. The van der Waals surface area contributed by atoms with Gasteiger partial charge < -0.3 is 0 Å². The van der Waals surface area contributed by atoms with Crippen molar-refractivity contribution in [3.05, 3.63) is 0 Å². The monoisotopic (exact) mass is 9050 g/mol. The van der Waals surface area contributed by atoms with Crippen LogP contribution in [0.25, 0.3) is 0 Å². The molecule has 0 radical (unpaired) electrons. The maximum Gasteiger partial charge on any atom is 0 e. The summed E-state index contributed by atoms with van der Waals surface area (Å²) in [5.74, 6) is 0. The summed E-state index contributed by atoms with van der Waals surface area (Å²) in [4.78, 5) is 0. The second kappa shape index (κ2) is 278. The second-order valence-electron chi connectivity index (χ2n) is 0. The van der Waals surface area contributed by atoms with E-state index in [9.17, 15) is 0 Å². The Kier molecular flexibility index (Phi) is 2120. The first-order chi connectivity index (χ1) is 0. The topological polar surface area (TPSA) is 0 Å². The van der Waals surface area contributed by atoms with Gasteiger partial charge >= 0.3 is 0 Å². The summed E-state index contributed by atoms with van der Waals surface area (Å²) in [7, 11) is 0. The van der Waals surface area contributed by atoms with Gasteiger partial charge in [0, 0.05) is 1180 Å². The maximum atomic E-state index is 0. The number of rotatable bonds is 0. The molecule has 0 aliphatic heterocycles. The smallest absolute Gasteiger partial charge is 0 e. The van der Waals surface area contributed by atoms with Crippen LogP contribution in [0.5, 0.6) is 0 Å². The van der Waals surface area contributed by atoms with Gasteiger partial charge in [-0.3, -0.25) is 0 Å². The van der Waals surface area contributed by atoms with E-state index in [1.807, 2.05) is 0 Å². The van der Waals surface area contributed by atoms with Crippen LogP contribution in [0, 0.1) is 1180 Å². The Hall–Kier alpha value is 40.0. The first kappa shape index (κ1) is 289. The van der Waals surface area contributed by atoms with E-state index in [4.69, 9.17) is 0 Å². The Morgan fingerprint density at radius 2 is 0.0263 bits per heavy atom. The van der Waals surface area contributed by atoms with E-state index in [0.717, 1.165) is 0 Å². The Balaban J connectivity index is 0. The minimum Gasteiger partial charge on any atom is 0 e. The second-order valence-corrected chi connectivity index (χ2v) is 0. The van der Waals surface area contributed by atoms with Crippen molar-refractivity contribution in [2.24, 2.45) is 0 Å². The Morgan fingerprint density at radius 3 is 0.0263 bits per heavy atom. The average Bonchev–Trinajstić information content (AvgIpc) is 0. The molecule has 0 saturated carbocycles. The van der Waals surface area contributed by atoms with Crippen LogP contribution in [-0.2, 0) is 0 Å². The molecule has 0 aromatic heterocycles. The zero-order valence-corrected chi connectivity index (χ0v) is 177. The Labute approximate surface area is 1140 Å². The van der Waals surface area contributed by atoms with Gasteiger partial charge in [0.05, 0.1) is 0 Å². The van der Waals surface area contributed by atoms with Crippen LogP contribution >= 0.6 is 0 Å². The molecule has 0 aromatic rings. The SMILES string of the molecule is [U].[U].[U].[U].[U].[U].[U].[U].[U].[U].[U].[U].[U].[U].[U].[U].[U].[U].[U].[U].[U].[U].[U].[U].[U].[U].[U].[U].[U].[U].[U].[U].[U].[U].[U].[U].[U].[U]. The molecule has 0 atom stereocenters. The van der Waals surface area contributed by atoms with Crippen LogP contribution in [0.1, 0.15) is 0 Å². The van der Waals surface area contributed by atoms with Gasteiger partial charge in [0.2, 0.25) is 0 Å². The zero-order chi connectivity index (χ0) is 0. The van der Waals surface area contributed by atoms with Gasteiger partial charge in [-0.1, -0.05) is 0 Å². The summed E-state index contributed by atoms with van der Waals surface area (Å²) in [6, 6.07) is 0. The van der Waals surface area contributed by atoms with Crippen molar-refractivity contribution >= 4 is 0 Å². The van der Waals surface area contributed by atoms with Crippen molar-refractivity contribution in [2.75, 3.05) is 0 Å². The van der Waals surface area contributed by atoms with Gasteiger partial charge in [-0.25, -0.2) is 0 Å². The van der Waals surface area contributed by atoms with E-state index < -0.39 is 0 Å². The van der Waals surface area contributed by atoms with Crippen LogP contribution < -0.4 is 0 Å². The molecule has 38 heavy (non-hydrogen) atoms. The third-order valence-electron chi connectivity index (χ3n) is 0. The van der Waals surface area contributed by atoms with Gasteiger partial charge in [0.15, 0.2) is 0 Å². The van der Waals surface area contributed by atoms with E-state index in [-0.39, 0.29) is 1180 Å². The number of hydrogen-bond donors (Lipinski definition) is 0. The minimum atomic E-state index is 0. The van der Waals surface area contributed by atoms with Crippen LogP contribution in [0.15, 0.2) is 0 Å². The van der Waals surface area contributed by atoms with Gasteiger partial charge in [0.25, 0.3) is 0 Å². The minimum absolute atomic E-state index is 0. The normalized spacial score (nSPS) is 0. The first-order valence-corrected chi connectivity index (χ1v) is 0. The van der Waals surface area contributed by atoms with Gasteiger partial charge in [-0.2, -0.15) is 0 Å². The van der Waals surface area contributed by atoms with Crippen molar-refractivity contribution < 1.29 is 1180 Å². The summed E-state index contributed by atoms with van der Waals surface area (Å²) in [5.41, 5.74) is 0. The Morgan fingerprint density at radius 1 is 0.0263 bits per heavy atom. The molecule has 0 heterocycles. The van der Waals surface area contributed by atoms with Gasteiger partial charge in [0.1, 0.15) is 0 Å². The fourth-order valence-electron chi connectivity index (χ4n) is 0. The van der Waals surface area contributed by atoms with Crippen molar-refractivity contribution in [1.82, 2.24) is 0 Å². The first-order valence-electron chi connectivity index (χ1n) is 0. The summed E-state index contributed by atoms with van der Waals surface area (Å²) < 4.78 is 0. The van der Waals surface area contributed by atoms with E-state index >= 15 is 0 Å². The quantitative estimate of drug-likeness (QED) is 0.321. The third kappa shape index (κ3) is 267. The molecule has 0 amide bonds. The Bertz CT molecular complexity index is 0. The standard InChI is InChI=1S/38U. The molecule has 38 heteroatoms. The fourth-order valence-corrected chi connectivity index (χ4v) is 0. The molecule has 0 unspecified atom stereocenters. The molecule has 0 rings (SSSR count). The third-order valence-corrected chi connectivity index (χ3v) is 0. The van der Waals surface area contributed by atoms with E-state index in [1.54, 1.807) is 0 Å². The molecule has 0 N–H and O–H groups in total. The zero-order valence-electron chi connectivity index (χ0n) is 19.0. The molecule has 152 valence electrons. The molecule has 0 fully saturated rings. The summed E-state index contributed by atoms with van der Waals surface area (Å²) in [6.45, 7) is 0. The van der Waals surface area contributed by atoms with E-state index in [0.29, 0.717) is 0 Å². The molecule has 0 aliphatic rings. The van der Waals surface area contributed by atoms with Gasteiger partial charge in [-0.15, -0.1) is 0 Å². The van der Waals surface area contributed by atoms with Crippen LogP contribution in [0.4, 0.5) is 0 Å². The van der Waals surface area contributed by atoms with E-state index in [1.165, 1.54) is 0 Å². The predicted molar refractivity (Wildman–Crippen MR) is 0 cm³/mol.